The molecule has 28 heavy (non-hydrogen) atoms. The van der Waals surface area contributed by atoms with E-state index in [1.165, 1.54) is 6.08 Å². The first-order valence-electron chi connectivity index (χ1n) is 9.55. The Bertz CT molecular complexity index is 722. The molecule has 0 saturated heterocycles. The number of halogens is 1. The maximum atomic E-state index is 13.5. The first-order chi connectivity index (χ1) is 12.6. The highest BCUT2D eigenvalue weighted by atomic mass is 35.5. The molecule has 5 heteroatoms. The Morgan fingerprint density at radius 3 is 1.93 bits per heavy atom. The van der Waals surface area contributed by atoms with Crippen LogP contribution in [0, 0.1) is 16.2 Å². The molecule has 0 aliphatic carbocycles. The molecule has 1 atom stereocenters. The van der Waals surface area contributed by atoms with Gasteiger partial charge in [0.2, 0.25) is 0 Å². The van der Waals surface area contributed by atoms with Gasteiger partial charge in [-0.3, -0.25) is 4.79 Å². The molecule has 1 aromatic carbocycles. The first-order valence-corrected chi connectivity index (χ1v) is 9.93. The minimum Gasteiger partial charge on any atom is -0.478 e. The predicted molar refractivity (Wildman–Crippen MR) is 116 cm³/mol. The van der Waals surface area contributed by atoms with Gasteiger partial charge in [0.25, 0.3) is 5.91 Å². The summed E-state index contributed by atoms with van der Waals surface area (Å²) in [6.07, 6.45) is 2.62. The molecule has 1 aromatic rings. The number of carboxylic acids is 1. The molecule has 0 aromatic heterocycles. The van der Waals surface area contributed by atoms with Gasteiger partial charge in [-0.25, -0.2) is 4.79 Å². The largest absolute Gasteiger partial charge is 0.478 e. The smallest absolute Gasteiger partial charge is 0.328 e. The molecule has 156 valence electrons. The Labute approximate surface area is 174 Å². The van der Waals surface area contributed by atoms with Gasteiger partial charge in [0.1, 0.15) is 0 Å². The van der Waals surface area contributed by atoms with Gasteiger partial charge in [0, 0.05) is 29.2 Å². The third-order valence-electron chi connectivity index (χ3n) is 5.66. The standard InChI is InChI=1S/C23H34ClNO3/c1-21(2,3)20(23(7,8)22(4,5)6)25(15-9-10-18(26)27)19(28)16-11-13-17(24)14-12-16/h9-14,20H,15H2,1-8H3,(H,26,27)/b10-9+. The third kappa shape index (κ3) is 5.84. The fraction of sp³-hybridized carbons (Fsp3) is 0.565. The fourth-order valence-corrected chi connectivity index (χ4v) is 3.81. The third-order valence-corrected chi connectivity index (χ3v) is 5.92. The Morgan fingerprint density at radius 1 is 1.04 bits per heavy atom. The average molecular weight is 408 g/mol. The van der Waals surface area contributed by atoms with E-state index in [2.05, 4.69) is 55.4 Å². The minimum absolute atomic E-state index is 0.0833. The second-order valence-electron chi connectivity index (χ2n) is 9.95. The molecule has 0 bridgehead atoms. The number of carboxylic acid groups (broad SMARTS) is 1. The summed E-state index contributed by atoms with van der Waals surface area (Å²) in [5.41, 5.74) is -0.0209. The van der Waals surface area contributed by atoms with E-state index in [0.29, 0.717) is 10.6 Å². The summed E-state index contributed by atoms with van der Waals surface area (Å²) >= 11 is 5.98. The van der Waals surface area contributed by atoms with Gasteiger partial charge in [-0.15, -0.1) is 0 Å². The lowest BCUT2D eigenvalue weighted by atomic mass is 9.58. The van der Waals surface area contributed by atoms with Crippen molar-refractivity contribution in [3.8, 4) is 0 Å². The van der Waals surface area contributed by atoms with E-state index in [-0.39, 0.29) is 34.7 Å². The van der Waals surface area contributed by atoms with Crippen molar-refractivity contribution in [2.45, 2.75) is 61.4 Å². The van der Waals surface area contributed by atoms with E-state index < -0.39 is 5.97 Å². The van der Waals surface area contributed by atoms with E-state index in [4.69, 9.17) is 16.7 Å². The molecule has 0 aliphatic rings. The SMILES string of the molecule is CC(C)(C)C(N(C/C=C/C(=O)O)C(=O)c1ccc(Cl)cc1)C(C)(C)C(C)(C)C. The predicted octanol–water partition coefficient (Wildman–Crippen LogP) is 5.91. The molecule has 0 aliphatic heterocycles. The molecule has 1 unspecified atom stereocenters. The van der Waals surface area contributed by atoms with Crippen LogP contribution in [0.3, 0.4) is 0 Å². The molecule has 4 nitrogen and oxygen atoms in total. The van der Waals surface area contributed by atoms with Crippen molar-refractivity contribution in [3.05, 3.63) is 47.0 Å². The van der Waals surface area contributed by atoms with Gasteiger partial charge in [-0.1, -0.05) is 73.1 Å². The summed E-state index contributed by atoms with van der Waals surface area (Å²) in [5.74, 6) is -1.16. The number of benzene rings is 1. The maximum Gasteiger partial charge on any atom is 0.328 e. The number of aliphatic carboxylic acids is 1. The van der Waals surface area contributed by atoms with Crippen molar-refractivity contribution in [1.29, 1.82) is 0 Å². The summed E-state index contributed by atoms with van der Waals surface area (Å²) in [4.78, 5) is 26.3. The van der Waals surface area contributed by atoms with E-state index in [1.54, 1.807) is 29.2 Å². The van der Waals surface area contributed by atoms with Crippen LogP contribution < -0.4 is 0 Å². The van der Waals surface area contributed by atoms with Crippen molar-refractivity contribution in [2.24, 2.45) is 16.2 Å². The Hall–Kier alpha value is -1.81. The topological polar surface area (TPSA) is 57.6 Å². The zero-order valence-electron chi connectivity index (χ0n) is 18.3. The zero-order valence-corrected chi connectivity index (χ0v) is 19.1. The lowest BCUT2D eigenvalue weighted by Crippen LogP contribution is -2.58. The quantitative estimate of drug-likeness (QED) is 0.596. The number of amides is 1. The van der Waals surface area contributed by atoms with Gasteiger partial charge < -0.3 is 10.0 Å². The number of carbonyl (C=O) groups is 2. The number of carbonyl (C=O) groups excluding carboxylic acids is 1. The normalized spacial score (nSPS) is 14.2. The summed E-state index contributed by atoms with van der Waals surface area (Å²) in [5, 5.41) is 9.56. The van der Waals surface area contributed by atoms with Crippen molar-refractivity contribution < 1.29 is 14.7 Å². The monoisotopic (exact) mass is 407 g/mol. The van der Waals surface area contributed by atoms with Crippen LogP contribution in [0.2, 0.25) is 5.02 Å². The summed E-state index contributed by atoms with van der Waals surface area (Å²) < 4.78 is 0. The summed E-state index contributed by atoms with van der Waals surface area (Å²) in [6.45, 7) is 17.4. The van der Waals surface area contributed by atoms with Gasteiger partial charge in [0.15, 0.2) is 0 Å². The highest BCUT2D eigenvalue weighted by Crippen LogP contribution is 2.49. The second kappa shape index (κ2) is 8.69. The lowest BCUT2D eigenvalue weighted by molar-refractivity contribution is -0.131. The van der Waals surface area contributed by atoms with Gasteiger partial charge in [0.05, 0.1) is 0 Å². The highest BCUT2D eigenvalue weighted by molar-refractivity contribution is 6.30. The van der Waals surface area contributed by atoms with E-state index in [9.17, 15) is 9.59 Å². The zero-order chi connectivity index (χ0) is 21.9. The molecular formula is C23H34ClNO3. The number of hydrogen-bond acceptors (Lipinski definition) is 2. The molecular weight excluding hydrogens is 374 g/mol. The molecule has 0 fully saturated rings. The molecule has 1 amide bonds. The maximum absolute atomic E-state index is 13.5. The highest BCUT2D eigenvalue weighted by Gasteiger charge is 2.49. The van der Waals surface area contributed by atoms with Crippen LogP contribution in [0.5, 0.6) is 0 Å². The van der Waals surface area contributed by atoms with Crippen LogP contribution in [-0.4, -0.2) is 34.5 Å². The molecule has 0 saturated carbocycles. The van der Waals surface area contributed by atoms with Crippen LogP contribution in [0.4, 0.5) is 0 Å². The number of nitrogens with zero attached hydrogens (tertiary/aromatic N) is 1. The Balaban J connectivity index is 3.53. The number of hydrogen-bond donors (Lipinski definition) is 1. The molecule has 1 N–H and O–H groups in total. The second-order valence-corrected chi connectivity index (χ2v) is 10.4. The molecule has 0 spiro atoms. The first kappa shape index (κ1) is 24.2. The fourth-order valence-electron chi connectivity index (χ4n) is 3.68. The van der Waals surface area contributed by atoms with Gasteiger partial charge in [-0.05, 0) is 40.5 Å². The molecule has 1 rings (SSSR count). The van der Waals surface area contributed by atoms with Crippen LogP contribution in [0.1, 0.15) is 65.7 Å². The van der Waals surface area contributed by atoms with Crippen molar-refractivity contribution in [1.82, 2.24) is 4.90 Å². The molecule has 0 heterocycles. The number of rotatable bonds is 6. The minimum atomic E-state index is -1.03. The van der Waals surface area contributed by atoms with Crippen LogP contribution >= 0.6 is 11.6 Å². The van der Waals surface area contributed by atoms with Crippen LogP contribution in [0.25, 0.3) is 0 Å². The van der Waals surface area contributed by atoms with Crippen LogP contribution in [0.15, 0.2) is 36.4 Å². The van der Waals surface area contributed by atoms with Crippen molar-refractivity contribution in [3.63, 3.8) is 0 Å². The Morgan fingerprint density at radius 2 is 1.54 bits per heavy atom. The van der Waals surface area contributed by atoms with Crippen molar-refractivity contribution in [2.75, 3.05) is 6.54 Å². The summed E-state index contributed by atoms with van der Waals surface area (Å²) in [6, 6.07) is 6.67. The van der Waals surface area contributed by atoms with Gasteiger partial charge >= 0.3 is 5.97 Å². The van der Waals surface area contributed by atoms with E-state index in [1.807, 2.05) is 0 Å². The summed E-state index contributed by atoms with van der Waals surface area (Å²) in [7, 11) is 0. The van der Waals surface area contributed by atoms with Crippen molar-refractivity contribution >= 4 is 23.5 Å². The Kier molecular flexibility index (Phi) is 7.52. The lowest BCUT2D eigenvalue weighted by Gasteiger charge is -2.54. The van der Waals surface area contributed by atoms with Gasteiger partial charge in [-0.2, -0.15) is 0 Å². The van der Waals surface area contributed by atoms with Crippen LogP contribution in [-0.2, 0) is 4.79 Å². The van der Waals surface area contributed by atoms with E-state index in [0.717, 1.165) is 6.08 Å². The molecule has 0 radical (unpaired) electrons. The average Bonchev–Trinajstić information content (AvgIpc) is 2.51. The van der Waals surface area contributed by atoms with E-state index >= 15 is 0 Å².